The van der Waals surface area contributed by atoms with Gasteiger partial charge in [-0.3, -0.25) is 23.9 Å². The third-order valence-corrected chi connectivity index (χ3v) is 14.4. The van der Waals surface area contributed by atoms with E-state index in [1.807, 2.05) is 79.8 Å². The van der Waals surface area contributed by atoms with Crippen molar-refractivity contribution in [3.8, 4) is 22.8 Å². The number of carbonyl (C=O) groups excluding carboxylic acids is 4. The van der Waals surface area contributed by atoms with Crippen molar-refractivity contribution in [2.45, 2.75) is 101 Å². The molecule has 2 saturated carbocycles. The molecule has 13 heteroatoms. The van der Waals surface area contributed by atoms with Gasteiger partial charge in [0, 0.05) is 47.4 Å². The van der Waals surface area contributed by atoms with Gasteiger partial charge < -0.3 is 19.1 Å². The smallest absolute Gasteiger partial charge is 0.306 e. The van der Waals surface area contributed by atoms with E-state index in [9.17, 15) is 27.6 Å². The average Bonchev–Trinajstić information content (AvgIpc) is 4.15. The lowest BCUT2D eigenvalue weighted by molar-refractivity contribution is -0.151. The highest BCUT2D eigenvalue weighted by molar-refractivity contribution is 7.90. The topological polar surface area (TPSA) is 158 Å². The third kappa shape index (κ3) is 8.95. The summed E-state index contributed by atoms with van der Waals surface area (Å²) in [6.45, 7) is 2.26. The quantitative estimate of drug-likeness (QED) is 0.211. The number of ether oxygens (including phenoxy) is 3. The zero-order valence-electron chi connectivity index (χ0n) is 33.8. The van der Waals surface area contributed by atoms with Gasteiger partial charge in [-0.05, 0) is 62.8 Å². The molecule has 5 bridgehead atoms. The van der Waals surface area contributed by atoms with Crippen LogP contribution in [0.4, 0.5) is 0 Å². The van der Waals surface area contributed by atoms with Crippen molar-refractivity contribution in [1.29, 1.82) is 0 Å². The number of fused-ring (bicyclic) bond motifs is 4. The number of Topliss-reactive ketones (excluding diaryl/α,β-unsaturated/α-hetero) is 1. The minimum Gasteiger partial charge on any atom is -0.496 e. The monoisotopic (exact) mass is 823 g/mol. The molecule has 5 aliphatic rings. The molecule has 0 unspecified atom stereocenters. The molecular formula is C46H53N3O9S. The van der Waals surface area contributed by atoms with Crippen molar-refractivity contribution in [2.75, 3.05) is 20.3 Å². The number of hydrogen-bond acceptors (Lipinski definition) is 10. The number of benzene rings is 2. The number of rotatable bonds is 5. The molecule has 312 valence electrons. The molecule has 8 rings (SSSR count). The predicted octanol–water partition coefficient (Wildman–Crippen LogP) is 6.96. The summed E-state index contributed by atoms with van der Waals surface area (Å²) in [6, 6.07) is 14.5. The summed E-state index contributed by atoms with van der Waals surface area (Å²) in [6.07, 6.45) is 12.6. The zero-order valence-corrected chi connectivity index (χ0v) is 34.6. The Bertz CT molecular complexity index is 2290. The molecule has 4 heterocycles. The molecule has 0 radical (unpaired) electrons. The lowest BCUT2D eigenvalue weighted by Gasteiger charge is -2.29. The number of carbonyl (C=O) groups is 4. The van der Waals surface area contributed by atoms with Gasteiger partial charge >= 0.3 is 5.97 Å². The van der Waals surface area contributed by atoms with Crippen LogP contribution in [-0.2, 0) is 33.9 Å². The second kappa shape index (κ2) is 16.9. The summed E-state index contributed by atoms with van der Waals surface area (Å²) in [7, 11) is -2.25. The van der Waals surface area contributed by atoms with E-state index in [1.54, 1.807) is 12.0 Å². The third-order valence-electron chi connectivity index (χ3n) is 12.6. The second-order valence-corrected chi connectivity index (χ2v) is 19.1. The molecule has 59 heavy (non-hydrogen) atoms. The van der Waals surface area contributed by atoms with Crippen LogP contribution >= 0.6 is 0 Å². The van der Waals surface area contributed by atoms with Crippen molar-refractivity contribution in [3.05, 3.63) is 72.3 Å². The maximum atomic E-state index is 14.8. The Balaban J connectivity index is 1.19. The van der Waals surface area contributed by atoms with Crippen molar-refractivity contribution in [1.82, 2.24) is 14.6 Å². The molecule has 1 N–H and O–H groups in total. The fourth-order valence-electron chi connectivity index (χ4n) is 8.89. The number of hydrogen-bond donors (Lipinski definition) is 1. The normalized spacial score (nSPS) is 29.2. The Morgan fingerprint density at radius 3 is 2.61 bits per heavy atom. The predicted molar refractivity (Wildman–Crippen MR) is 223 cm³/mol. The standard InChI is InChI=1S/C46H53N3O9S/c1-29-12-11-16-31-20-36-38(24-41(31)56-2)47-37(30-13-8-6-9-14-30)23-42(36)58-34-22-39-40(50)26-46(45(53)48-59(54,55)35-18-19-35)25-33(46)17-10-5-3-4-7-15-32(21-43(51)57-28-29)44(52)49(39)27-34/h6,8-11,13-14,16-17,20,23-24,29,32-35,39H,3-5,7,12,15,18-19,21-22,25-28H2,1-2H3,(H,48,53)/b16-11+,17-10-/t29-,32-,33-,34-,39+,46-/m1/s1. The molecule has 2 amide bonds. The largest absolute Gasteiger partial charge is 0.496 e. The molecule has 1 saturated heterocycles. The fourth-order valence-corrected chi connectivity index (χ4v) is 10.3. The lowest BCUT2D eigenvalue weighted by Crippen LogP contribution is -2.46. The first-order valence-corrected chi connectivity index (χ1v) is 22.6. The summed E-state index contributed by atoms with van der Waals surface area (Å²) in [4.78, 5) is 63.4. The summed E-state index contributed by atoms with van der Waals surface area (Å²) >= 11 is 0. The molecule has 1 aromatic heterocycles. The van der Waals surface area contributed by atoms with Gasteiger partial charge in [0.05, 0.1) is 54.6 Å². The van der Waals surface area contributed by atoms with Gasteiger partial charge in [-0.25, -0.2) is 13.4 Å². The Kier molecular flexibility index (Phi) is 11.7. The molecule has 12 nitrogen and oxygen atoms in total. The van der Waals surface area contributed by atoms with E-state index in [-0.39, 0.29) is 55.9 Å². The first kappa shape index (κ1) is 40.7. The van der Waals surface area contributed by atoms with E-state index in [0.29, 0.717) is 61.2 Å². The van der Waals surface area contributed by atoms with Crippen molar-refractivity contribution >= 4 is 50.6 Å². The number of methoxy groups -OCH3 is 1. The van der Waals surface area contributed by atoms with Crippen LogP contribution in [0, 0.1) is 23.2 Å². The first-order chi connectivity index (χ1) is 28.4. The fraction of sp³-hybridized carbons (Fsp3) is 0.500. The number of sulfonamides is 1. The van der Waals surface area contributed by atoms with Gasteiger partial charge in [0.25, 0.3) is 0 Å². The number of allylic oxidation sites excluding steroid dienone is 3. The van der Waals surface area contributed by atoms with Gasteiger partial charge in [-0.2, -0.15) is 0 Å². The van der Waals surface area contributed by atoms with E-state index < -0.39 is 50.6 Å². The average molecular weight is 824 g/mol. The van der Waals surface area contributed by atoms with Crippen LogP contribution in [0.25, 0.3) is 28.2 Å². The van der Waals surface area contributed by atoms with Crippen molar-refractivity contribution < 1.29 is 41.8 Å². The number of aromatic nitrogens is 1. The van der Waals surface area contributed by atoms with Crippen LogP contribution in [0.1, 0.15) is 89.5 Å². The molecule has 6 atom stereocenters. The van der Waals surface area contributed by atoms with Crippen LogP contribution in [0.15, 0.2) is 66.8 Å². The Labute approximate surface area is 345 Å². The summed E-state index contributed by atoms with van der Waals surface area (Å²) in [5.74, 6) is -1.66. The minimum absolute atomic E-state index is 0.00240. The molecule has 2 aliphatic carbocycles. The molecule has 3 fully saturated rings. The van der Waals surface area contributed by atoms with Gasteiger partial charge in [-0.1, -0.05) is 74.4 Å². The number of cyclic esters (lactones) is 1. The number of nitrogens with one attached hydrogen (secondary N) is 1. The molecule has 3 aliphatic heterocycles. The number of esters is 1. The summed E-state index contributed by atoms with van der Waals surface area (Å²) in [5, 5.41) is 0.132. The van der Waals surface area contributed by atoms with Crippen LogP contribution in [0.5, 0.6) is 11.5 Å². The molecule has 2 aromatic carbocycles. The van der Waals surface area contributed by atoms with Crippen LogP contribution in [0.3, 0.4) is 0 Å². The minimum atomic E-state index is -3.86. The van der Waals surface area contributed by atoms with Crippen molar-refractivity contribution in [3.63, 3.8) is 0 Å². The SMILES string of the molecule is COc1cc2nc(-c3ccccc3)cc3c2cc1/C=C/C[C@@H](C)COC(=O)C[C@H]1CCCCC/C=C\[C@@H]2C[C@@]2(C(=O)NS(=O)(=O)C2CC2)CC(=O)[C@@H]2C[C@H](CN2C1=O)O3. The number of amides is 2. The van der Waals surface area contributed by atoms with Crippen LogP contribution < -0.4 is 14.2 Å². The van der Waals surface area contributed by atoms with Crippen molar-refractivity contribution in [2.24, 2.45) is 23.2 Å². The van der Waals surface area contributed by atoms with Gasteiger partial charge in [0.1, 0.15) is 17.6 Å². The Hall–Kier alpha value is -5.04. The molecular weight excluding hydrogens is 771 g/mol. The first-order valence-electron chi connectivity index (χ1n) is 21.1. The Morgan fingerprint density at radius 1 is 1.02 bits per heavy atom. The second-order valence-electron chi connectivity index (χ2n) is 17.1. The van der Waals surface area contributed by atoms with Gasteiger partial charge in [0.15, 0.2) is 5.78 Å². The van der Waals surface area contributed by atoms with E-state index >= 15 is 0 Å². The summed E-state index contributed by atoms with van der Waals surface area (Å²) < 4.78 is 46.7. The van der Waals surface area contributed by atoms with Crippen LogP contribution in [-0.4, -0.2) is 79.5 Å². The number of nitrogens with zero attached hydrogens (tertiary/aromatic N) is 2. The van der Waals surface area contributed by atoms with E-state index in [1.165, 1.54) is 0 Å². The highest BCUT2D eigenvalue weighted by Gasteiger charge is 2.61. The molecule has 0 spiro atoms. The van der Waals surface area contributed by atoms with E-state index in [0.717, 1.165) is 35.8 Å². The zero-order chi connectivity index (χ0) is 41.3. The lowest BCUT2D eigenvalue weighted by atomic mass is 9.90. The highest BCUT2D eigenvalue weighted by Crippen LogP contribution is 2.57. The maximum Gasteiger partial charge on any atom is 0.306 e. The van der Waals surface area contributed by atoms with E-state index in [2.05, 4.69) is 4.72 Å². The van der Waals surface area contributed by atoms with E-state index in [4.69, 9.17) is 19.2 Å². The van der Waals surface area contributed by atoms with Gasteiger partial charge in [-0.15, -0.1) is 0 Å². The number of pyridine rings is 1. The van der Waals surface area contributed by atoms with Crippen LogP contribution in [0.2, 0.25) is 0 Å². The van der Waals surface area contributed by atoms with Gasteiger partial charge in [0.2, 0.25) is 21.8 Å². The molecule has 3 aromatic rings. The number of ketones is 1. The Morgan fingerprint density at radius 2 is 1.83 bits per heavy atom. The maximum absolute atomic E-state index is 14.8. The highest BCUT2D eigenvalue weighted by atomic mass is 32.2. The summed E-state index contributed by atoms with van der Waals surface area (Å²) in [5.41, 5.74) is 1.76.